The van der Waals surface area contributed by atoms with Gasteiger partial charge in [0.1, 0.15) is 6.29 Å². The second kappa shape index (κ2) is 4.59. The monoisotopic (exact) mass is 180 g/mol. The zero-order valence-electron chi connectivity index (χ0n) is 8.92. The smallest absolute Gasteiger partial charge is 0.120 e. The Morgan fingerprint density at radius 2 is 2.31 bits per heavy atom. The number of rotatable bonds is 3. The first-order valence-electron chi connectivity index (χ1n) is 5.26. The second-order valence-corrected chi connectivity index (χ2v) is 4.53. The maximum Gasteiger partial charge on any atom is 0.120 e. The summed E-state index contributed by atoms with van der Waals surface area (Å²) in [6, 6.07) is 0. The fourth-order valence-corrected chi connectivity index (χ4v) is 2.36. The molecule has 0 radical (unpaired) electrons. The van der Waals surface area contributed by atoms with Crippen molar-refractivity contribution in [2.45, 2.75) is 40.0 Å². The third-order valence-electron chi connectivity index (χ3n) is 3.15. The van der Waals surface area contributed by atoms with Crippen LogP contribution in [0.4, 0.5) is 0 Å². The van der Waals surface area contributed by atoms with Crippen molar-refractivity contribution in [3.05, 3.63) is 11.6 Å². The zero-order valence-corrected chi connectivity index (χ0v) is 8.92. The van der Waals surface area contributed by atoms with Gasteiger partial charge in [0.25, 0.3) is 0 Å². The van der Waals surface area contributed by atoms with Crippen LogP contribution in [-0.2, 0) is 4.79 Å². The lowest BCUT2D eigenvalue weighted by atomic mass is 9.74. The zero-order chi connectivity index (χ0) is 9.84. The molecule has 0 aliphatic heterocycles. The highest BCUT2D eigenvalue weighted by Gasteiger charge is 2.25. The van der Waals surface area contributed by atoms with Gasteiger partial charge in [0.2, 0.25) is 0 Å². The van der Waals surface area contributed by atoms with Crippen molar-refractivity contribution in [2.75, 3.05) is 0 Å². The lowest BCUT2D eigenvalue weighted by Crippen LogP contribution is -2.22. The molecule has 1 nitrogen and oxygen atoms in total. The summed E-state index contributed by atoms with van der Waals surface area (Å²) >= 11 is 0. The van der Waals surface area contributed by atoms with Crippen LogP contribution in [0, 0.1) is 17.8 Å². The average Bonchev–Trinajstić information content (AvgIpc) is 2.04. The van der Waals surface area contributed by atoms with Crippen LogP contribution in [0.3, 0.4) is 0 Å². The van der Waals surface area contributed by atoms with Crippen LogP contribution in [0.5, 0.6) is 0 Å². The number of hydrogen-bond acceptors (Lipinski definition) is 1. The normalized spacial score (nSPS) is 28.8. The van der Waals surface area contributed by atoms with Gasteiger partial charge in [0, 0.05) is 6.42 Å². The molecular formula is C12H20O. The van der Waals surface area contributed by atoms with Gasteiger partial charge in [-0.2, -0.15) is 0 Å². The van der Waals surface area contributed by atoms with Crippen molar-refractivity contribution < 1.29 is 4.79 Å². The van der Waals surface area contributed by atoms with Gasteiger partial charge < -0.3 is 4.79 Å². The Morgan fingerprint density at radius 3 is 2.85 bits per heavy atom. The summed E-state index contributed by atoms with van der Waals surface area (Å²) in [5, 5.41) is 0. The van der Waals surface area contributed by atoms with E-state index in [0.717, 1.165) is 6.29 Å². The summed E-state index contributed by atoms with van der Waals surface area (Å²) in [6.45, 7) is 6.70. The van der Waals surface area contributed by atoms with E-state index >= 15 is 0 Å². The Hall–Kier alpha value is -0.590. The van der Waals surface area contributed by atoms with Crippen LogP contribution in [0.2, 0.25) is 0 Å². The van der Waals surface area contributed by atoms with Crippen molar-refractivity contribution in [2.24, 2.45) is 17.8 Å². The summed E-state index contributed by atoms with van der Waals surface area (Å²) < 4.78 is 0. The molecule has 2 unspecified atom stereocenters. The van der Waals surface area contributed by atoms with Crippen LogP contribution in [0.25, 0.3) is 0 Å². The molecule has 1 rings (SSSR count). The SMILES string of the molecule is CC1=CC(CC=O)C(C(C)C)CC1. The molecule has 0 fully saturated rings. The van der Waals surface area contributed by atoms with Gasteiger partial charge in [0.05, 0.1) is 0 Å². The lowest BCUT2D eigenvalue weighted by molar-refractivity contribution is -0.108. The fraction of sp³-hybridized carbons (Fsp3) is 0.750. The van der Waals surface area contributed by atoms with Crippen LogP contribution < -0.4 is 0 Å². The third-order valence-corrected chi connectivity index (χ3v) is 3.15. The van der Waals surface area contributed by atoms with E-state index in [1.165, 1.54) is 18.4 Å². The van der Waals surface area contributed by atoms with Crippen LogP contribution >= 0.6 is 0 Å². The van der Waals surface area contributed by atoms with Crippen LogP contribution in [0.15, 0.2) is 11.6 Å². The highest BCUT2D eigenvalue weighted by atomic mass is 16.1. The summed E-state index contributed by atoms with van der Waals surface area (Å²) in [5.74, 6) is 1.93. The van der Waals surface area contributed by atoms with Gasteiger partial charge in [-0.15, -0.1) is 0 Å². The van der Waals surface area contributed by atoms with E-state index in [-0.39, 0.29) is 0 Å². The summed E-state index contributed by atoms with van der Waals surface area (Å²) in [4.78, 5) is 10.5. The first-order chi connectivity index (χ1) is 6.15. The minimum absolute atomic E-state index is 0.506. The van der Waals surface area contributed by atoms with Crippen LogP contribution in [0.1, 0.15) is 40.0 Å². The molecule has 0 aromatic rings. The minimum atomic E-state index is 0.506. The molecule has 1 heteroatoms. The van der Waals surface area contributed by atoms with Crippen LogP contribution in [-0.4, -0.2) is 6.29 Å². The van der Waals surface area contributed by atoms with E-state index in [4.69, 9.17) is 0 Å². The molecule has 0 saturated carbocycles. The van der Waals surface area contributed by atoms with E-state index in [1.807, 2.05) is 0 Å². The largest absolute Gasteiger partial charge is 0.303 e. The highest BCUT2D eigenvalue weighted by Crippen LogP contribution is 2.35. The van der Waals surface area contributed by atoms with Gasteiger partial charge in [-0.3, -0.25) is 0 Å². The second-order valence-electron chi connectivity index (χ2n) is 4.53. The first-order valence-corrected chi connectivity index (χ1v) is 5.26. The molecule has 2 atom stereocenters. The number of carbonyl (C=O) groups excluding carboxylic acids is 1. The molecular weight excluding hydrogens is 160 g/mol. The Kier molecular flexibility index (Phi) is 3.71. The molecule has 1 aliphatic rings. The molecule has 0 bridgehead atoms. The van der Waals surface area contributed by atoms with Gasteiger partial charge in [-0.25, -0.2) is 0 Å². The van der Waals surface area contributed by atoms with Crippen molar-refractivity contribution in [1.29, 1.82) is 0 Å². The van der Waals surface area contributed by atoms with E-state index in [9.17, 15) is 4.79 Å². The summed E-state index contributed by atoms with van der Waals surface area (Å²) in [6.07, 6.45) is 6.56. The maximum atomic E-state index is 10.5. The average molecular weight is 180 g/mol. The van der Waals surface area contributed by atoms with Gasteiger partial charge in [0.15, 0.2) is 0 Å². The topological polar surface area (TPSA) is 17.1 Å². The van der Waals surface area contributed by atoms with E-state index in [2.05, 4.69) is 26.8 Å². The highest BCUT2D eigenvalue weighted by molar-refractivity contribution is 5.50. The van der Waals surface area contributed by atoms with Crippen molar-refractivity contribution in [1.82, 2.24) is 0 Å². The fourth-order valence-electron chi connectivity index (χ4n) is 2.36. The molecule has 74 valence electrons. The predicted octanol–water partition coefficient (Wildman–Crippen LogP) is 3.20. The third kappa shape index (κ3) is 2.68. The van der Waals surface area contributed by atoms with Crippen molar-refractivity contribution in [3.63, 3.8) is 0 Å². The molecule has 13 heavy (non-hydrogen) atoms. The Labute approximate surface area is 81.2 Å². The summed E-state index contributed by atoms with van der Waals surface area (Å²) in [5.41, 5.74) is 1.46. The van der Waals surface area contributed by atoms with E-state index < -0.39 is 0 Å². The quantitative estimate of drug-likeness (QED) is 0.481. The van der Waals surface area contributed by atoms with Gasteiger partial charge in [-0.05, 0) is 37.5 Å². The lowest BCUT2D eigenvalue weighted by Gasteiger charge is -2.31. The molecule has 0 saturated heterocycles. The van der Waals surface area contributed by atoms with E-state index in [1.54, 1.807) is 0 Å². The standard InChI is InChI=1S/C12H20O/c1-9(2)12-5-4-10(3)8-11(12)6-7-13/h7-9,11-12H,4-6H2,1-3H3. The van der Waals surface area contributed by atoms with Gasteiger partial charge >= 0.3 is 0 Å². The molecule has 0 N–H and O–H groups in total. The number of allylic oxidation sites excluding steroid dienone is 2. The molecule has 1 aliphatic carbocycles. The van der Waals surface area contributed by atoms with E-state index in [0.29, 0.717) is 24.2 Å². The summed E-state index contributed by atoms with van der Waals surface area (Å²) in [7, 11) is 0. The molecule has 0 spiro atoms. The maximum absolute atomic E-state index is 10.5. The molecule has 0 aromatic carbocycles. The van der Waals surface area contributed by atoms with Crippen molar-refractivity contribution in [3.8, 4) is 0 Å². The predicted molar refractivity (Wildman–Crippen MR) is 55.5 cm³/mol. The molecule has 0 heterocycles. The van der Waals surface area contributed by atoms with Gasteiger partial charge in [-0.1, -0.05) is 25.5 Å². The molecule has 0 amide bonds. The van der Waals surface area contributed by atoms with Crippen molar-refractivity contribution >= 4 is 6.29 Å². The number of aldehydes is 1. The number of hydrogen-bond donors (Lipinski definition) is 0. The Bertz CT molecular complexity index is 203. The number of carbonyl (C=O) groups is 1. The minimum Gasteiger partial charge on any atom is -0.303 e. The Morgan fingerprint density at radius 1 is 1.62 bits per heavy atom. The first kappa shape index (κ1) is 10.5. The Balaban J connectivity index is 2.69. The molecule has 0 aromatic heterocycles.